The van der Waals surface area contributed by atoms with E-state index in [9.17, 15) is 39.6 Å². The number of hydrogen-bond acceptors (Lipinski definition) is 9. The molecule has 10 rings (SSSR count). The van der Waals surface area contributed by atoms with Crippen LogP contribution >= 0.6 is 33.9 Å². The molecule has 0 amide bonds. The summed E-state index contributed by atoms with van der Waals surface area (Å²) in [5.41, 5.74) is 10.1. The van der Waals surface area contributed by atoms with Crippen molar-refractivity contribution < 1.29 is 44.0 Å². The Balaban J connectivity index is 0.000000174. The highest BCUT2D eigenvalue weighted by Gasteiger charge is 2.27. The first kappa shape index (κ1) is 55.4. The van der Waals surface area contributed by atoms with Crippen LogP contribution in [0.4, 0.5) is 28.9 Å². The van der Waals surface area contributed by atoms with E-state index in [1.165, 1.54) is 12.4 Å². The number of nitrogen functional groups attached to an aromatic ring is 1. The van der Waals surface area contributed by atoms with E-state index in [4.69, 9.17) is 39.6 Å². The molecule has 392 valence electrons. The number of carbonyl (C=O) groups is 2. The molecule has 0 saturated heterocycles. The second-order valence-corrected chi connectivity index (χ2v) is 22.8. The molecule has 0 fully saturated rings. The van der Waals surface area contributed by atoms with E-state index in [2.05, 4.69) is 24.7 Å². The minimum atomic E-state index is -4.06. The van der Waals surface area contributed by atoms with Gasteiger partial charge in [0, 0.05) is 78.5 Å². The maximum atomic E-state index is 15.5. The number of H-pyrrole nitrogens is 2. The second kappa shape index (κ2) is 23.2. The summed E-state index contributed by atoms with van der Waals surface area (Å²) in [7, 11) is -2.39. The average molecular weight is 1140 g/mol. The minimum Gasteiger partial charge on any atom is -0.396 e. The number of ketones is 2. The van der Waals surface area contributed by atoms with Crippen molar-refractivity contribution in [1.82, 2.24) is 19.9 Å². The number of fused-ring (bicyclic) bond motifs is 2. The van der Waals surface area contributed by atoms with Gasteiger partial charge in [-0.15, -0.1) is 0 Å². The molecule has 0 aliphatic carbocycles. The number of benzene rings is 6. The van der Waals surface area contributed by atoms with Gasteiger partial charge in [-0.05, 0) is 96.8 Å². The third-order valence-electron chi connectivity index (χ3n) is 11.7. The zero-order chi connectivity index (χ0) is 55.3. The molecule has 0 unspecified atom stereocenters. The Kier molecular flexibility index (Phi) is 16.7. The summed E-state index contributed by atoms with van der Waals surface area (Å²) in [5.74, 6) is -6.75. The van der Waals surface area contributed by atoms with Crippen molar-refractivity contribution in [3.05, 3.63) is 236 Å². The molecule has 0 bridgehead atoms. The first-order valence-electron chi connectivity index (χ1n) is 22.8. The number of nitrogens with one attached hydrogen (secondary N) is 3. The molecule has 4 heterocycles. The van der Waals surface area contributed by atoms with E-state index in [1.54, 1.807) is 91.3 Å². The number of nitrogens with zero attached hydrogens (tertiary/aromatic N) is 2. The fourth-order valence-electron chi connectivity index (χ4n) is 8.09. The van der Waals surface area contributed by atoms with Crippen LogP contribution in [0.5, 0.6) is 0 Å². The average Bonchev–Trinajstić information content (AvgIpc) is 4.01. The molecular weight excluding hydrogens is 1100 g/mol. The normalized spacial score (nSPS) is 11.4. The first-order chi connectivity index (χ1) is 36.5. The van der Waals surface area contributed by atoms with Gasteiger partial charge in [-0.3, -0.25) is 14.3 Å². The lowest BCUT2D eigenvalue weighted by Crippen LogP contribution is -2.18. The van der Waals surface area contributed by atoms with Crippen molar-refractivity contribution in [1.29, 1.82) is 0 Å². The standard InChI is InChI=1S/C28H20ClF2N3O3S.C20H12ClF2N3O.C8H9ClO2S/c1-16-3-2-4-17(11-16)15-38(36,37)34-24-10-9-23(30)25(26(24)31)27(35)22-14-33-28-21(22)12-19(13-32-28)18-5-7-20(29)8-6-18;21-12-3-1-10(2-4-12)11-7-13-14(9-26-20(13)25-8-11)19(27)17-15(22)5-6-16(24)18(17)23;1-7-3-2-4-8(5-7)6-12(9,10)11/h2-14,34H,15H2,1H3,(H,32,33);1-9H,24H2,(H,25,26);2-5H,6H2,1H3. The highest BCUT2D eigenvalue weighted by molar-refractivity contribution is 8.13. The predicted molar refractivity (Wildman–Crippen MR) is 294 cm³/mol. The molecule has 12 nitrogen and oxygen atoms in total. The summed E-state index contributed by atoms with van der Waals surface area (Å²) in [4.78, 5) is 40.5. The predicted octanol–water partition coefficient (Wildman–Crippen LogP) is 13.7. The lowest BCUT2D eigenvalue weighted by Gasteiger charge is -2.12. The molecule has 0 radical (unpaired) electrons. The van der Waals surface area contributed by atoms with Crippen LogP contribution in [0.2, 0.25) is 10.0 Å². The van der Waals surface area contributed by atoms with Gasteiger partial charge in [-0.25, -0.2) is 44.4 Å². The first-order valence-corrected chi connectivity index (χ1v) is 27.7. The van der Waals surface area contributed by atoms with E-state index in [-0.39, 0.29) is 22.6 Å². The number of sulfonamides is 1. The van der Waals surface area contributed by atoms with E-state index < -0.39 is 76.5 Å². The molecule has 0 aliphatic rings. The van der Waals surface area contributed by atoms with Crippen molar-refractivity contribution in [2.24, 2.45) is 0 Å². The molecule has 6 aromatic carbocycles. The van der Waals surface area contributed by atoms with Crippen LogP contribution in [0.15, 0.2) is 158 Å². The Morgan fingerprint density at radius 2 is 1.01 bits per heavy atom. The van der Waals surface area contributed by atoms with E-state index in [0.717, 1.165) is 57.6 Å². The maximum Gasteiger partial charge on any atom is 0.237 e. The Morgan fingerprint density at radius 3 is 1.47 bits per heavy atom. The van der Waals surface area contributed by atoms with Gasteiger partial charge in [-0.1, -0.05) is 107 Å². The summed E-state index contributed by atoms with van der Waals surface area (Å²) in [5, 5.41) is 1.96. The monoisotopic (exact) mass is 1140 g/mol. The number of anilines is 2. The summed E-state index contributed by atoms with van der Waals surface area (Å²) < 4.78 is 108. The lowest BCUT2D eigenvalue weighted by molar-refractivity contribution is 0.102. The maximum absolute atomic E-state index is 15.5. The third-order valence-corrected chi connectivity index (χ3v) is 14.5. The Bertz CT molecular complexity index is 4120. The number of aromatic amines is 2. The Labute approximate surface area is 453 Å². The molecule has 0 saturated carbocycles. The van der Waals surface area contributed by atoms with Gasteiger partial charge in [0.25, 0.3) is 0 Å². The van der Waals surface area contributed by atoms with Gasteiger partial charge >= 0.3 is 0 Å². The quantitative estimate of drug-likeness (QED) is 0.0398. The molecule has 5 N–H and O–H groups in total. The van der Waals surface area contributed by atoms with Crippen molar-refractivity contribution in [3.8, 4) is 22.3 Å². The van der Waals surface area contributed by atoms with Gasteiger partial charge < -0.3 is 15.7 Å². The third kappa shape index (κ3) is 13.4. The van der Waals surface area contributed by atoms with E-state index in [0.29, 0.717) is 43.2 Å². The Hall–Kier alpha value is -7.87. The van der Waals surface area contributed by atoms with Crippen molar-refractivity contribution in [2.75, 3.05) is 10.5 Å². The van der Waals surface area contributed by atoms with Crippen molar-refractivity contribution >= 4 is 98.0 Å². The number of rotatable bonds is 12. The molecule has 21 heteroatoms. The number of aromatic nitrogens is 4. The summed E-state index contributed by atoms with van der Waals surface area (Å²) in [6.45, 7) is 3.73. The fourth-order valence-corrected chi connectivity index (χ4v) is 10.5. The van der Waals surface area contributed by atoms with Crippen LogP contribution in [-0.2, 0) is 30.6 Å². The second-order valence-electron chi connectivity index (χ2n) is 17.4. The highest BCUT2D eigenvalue weighted by Crippen LogP contribution is 2.32. The number of carbonyl (C=O) groups excluding carboxylic acids is 2. The molecule has 10 aromatic rings. The van der Waals surface area contributed by atoms with Gasteiger partial charge in [0.15, 0.2) is 11.6 Å². The molecule has 0 atom stereocenters. The van der Waals surface area contributed by atoms with Crippen molar-refractivity contribution in [2.45, 2.75) is 25.4 Å². The minimum absolute atomic E-state index is 0.0131. The molecule has 4 aromatic heterocycles. The van der Waals surface area contributed by atoms with Gasteiger partial charge in [0.1, 0.15) is 22.9 Å². The number of nitrogens with two attached hydrogens (primary N) is 1. The molecule has 77 heavy (non-hydrogen) atoms. The smallest absolute Gasteiger partial charge is 0.237 e. The SMILES string of the molecule is Cc1cccc(CS(=O)(=O)Cl)c1.Cc1cccc(CS(=O)(=O)Nc2ccc(F)c(C(=O)c3c[nH]c4ncc(-c5ccc(Cl)cc5)cc34)c2F)c1.Nc1ccc(F)c(C(=O)c2c[nH]c3ncc(-c4ccc(Cl)cc4)cc23)c1F. The molecular formula is C56H41Cl3F4N6O6S2. The lowest BCUT2D eigenvalue weighted by atomic mass is 10.00. The molecule has 0 spiro atoms. The van der Waals surface area contributed by atoms with Crippen LogP contribution in [0.1, 0.15) is 54.1 Å². The van der Waals surface area contributed by atoms with Gasteiger partial charge in [0.05, 0.1) is 34.0 Å². The fraction of sp³-hybridized carbons (Fsp3) is 0.0714. The van der Waals surface area contributed by atoms with Crippen LogP contribution in [0, 0.1) is 37.1 Å². The van der Waals surface area contributed by atoms with Crippen LogP contribution in [-0.4, -0.2) is 48.3 Å². The van der Waals surface area contributed by atoms with E-state index >= 15 is 4.39 Å². The number of hydrogen-bond donors (Lipinski definition) is 4. The summed E-state index contributed by atoms with van der Waals surface area (Å²) in [6, 6.07) is 35.5. The highest BCUT2D eigenvalue weighted by atomic mass is 35.7. The van der Waals surface area contributed by atoms with Crippen LogP contribution in [0.3, 0.4) is 0 Å². The van der Waals surface area contributed by atoms with Crippen LogP contribution in [0.25, 0.3) is 44.3 Å². The zero-order valence-corrected chi connectivity index (χ0v) is 44.2. The summed E-state index contributed by atoms with van der Waals surface area (Å²) >= 11 is 11.9. The van der Waals surface area contributed by atoms with E-state index in [1.807, 2.05) is 44.2 Å². The summed E-state index contributed by atoms with van der Waals surface area (Å²) in [6.07, 6.45) is 5.94. The topological polar surface area (TPSA) is 198 Å². The zero-order valence-electron chi connectivity index (χ0n) is 40.3. The van der Waals surface area contributed by atoms with Gasteiger partial charge in [-0.2, -0.15) is 0 Å². The van der Waals surface area contributed by atoms with Crippen molar-refractivity contribution in [3.63, 3.8) is 0 Å². The largest absolute Gasteiger partial charge is 0.396 e. The molecule has 0 aliphatic heterocycles. The van der Waals surface area contributed by atoms with Crippen LogP contribution < -0.4 is 10.5 Å². The Morgan fingerprint density at radius 1 is 0.571 bits per heavy atom. The van der Waals surface area contributed by atoms with Gasteiger partial charge in [0.2, 0.25) is 30.6 Å². The number of pyridine rings is 2. The number of halogens is 7. The number of aryl methyl sites for hydroxylation is 2.